The number of carbonyl (C=O) groups is 2. The molecule has 7 nitrogen and oxygen atoms in total. The second-order valence-electron chi connectivity index (χ2n) is 8.00. The van der Waals surface area contributed by atoms with Gasteiger partial charge in [-0.2, -0.15) is 0 Å². The summed E-state index contributed by atoms with van der Waals surface area (Å²) < 4.78 is 11.4. The largest absolute Gasteiger partial charge is 0.490 e. The molecule has 2 heterocycles. The molecule has 0 bridgehead atoms. The molecule has 1 fully saturated rings. The van der Waals surface area contributed by atoms with Crippen molar-refractivity contribution in [2.45, 2.75) is 25.8 Å². The Labute approximate surface area is 188 Å². The zero-order valence-electron chi connectivity index (χ0n) is 18.3. The fourth-order valence-electron chi connectivity index (χ4n) is 4.02. The summed E-state index contributed by atoms with van der Waals surface area (Å²) in [5.74, 6) is 1.27. The molecule has 2 amide bonds. The molecule has 0 aromatic heterocycles. The van der Waals surface area contributed by atoms with Crippen LogP contribution in [0.4, 0.5) is 5.69 Å². The van der Waals surface area contributed by atoms with Gasteiger partial charge in [0.1, 0.15) is 6.61 Å². The number of benzene rings is 2. The van der Waals surface area contributed by atoms with Gasteiger partial charge in [-0.15, -0.1) is 0 Å². The van der Waals surface area contributed by atoms with Crippen LogP contribution in [0, 0.1) is 0 Å². The van der Waals surface area contributed by atoms with Gasteiger partial charge in [0, 0.05) is 30.4 Å². The minimum atomic E-state index is -0.0993. The van der Waals surface area contributed by atoms with Crippen LogP contribution in [0.15, 0.2) is 54.1 Å². The number of para-hydroxylation sites is 2. The van der Waals surface area contributed by atoms with Crippen LogP contribution in [-0.2, 0) is 9.59 Å². The lowest BCUT2D eigenvalue weighted by Crippen LogP contribution is -2.47. The van der Waals surface area contributed by atoms with Crippen molar-refractivity contribution in [3.63, 3.8) is 0 Å². The Bertz CT molecular complexity index is 982. The topological polar surface area (TPSA) is 79.9 Å². The highest BCUT2D eigenvalue weighted by Gasteiger charge is 2.25. The summed E-state index contributed by atoms with van der Waals surface area (Å²) in [6, 6.07) is 15.2. The Morgan fingerprint density at radius 3 is 2.62 bits per heavy atom. The number of anilines is 1. The summed E-state index contributed by atoms with van der Waals surface area (Å²) in [6.07, 6.45) is 3.49. The van der Waals surface area contributed by atoms with E-state index in [0.29, 0.717) is 30.2 Å². The minimum Gasteiger partial charge on any atom is -0.490 e. The molecule has 4 rings (SSSR count). The van der Waals surface area contributed by atoms with Crippen LogP contribution in [0.3, 0.4) is 0 Å². The maximum Gasteiger partial charge on any atom is 0.250 e. The molecule has 0 spiro atoms. The number of hydrogen-bond acceptors (Lipinski definition) is 5. The van der Waals surface area contributed by atoms with Crippen LogP contribution in [0.25, 0.3) is 6.08 Å². The first-order valence-electron chi connectivity index (χ1n) is 11.1. The molecule has 0 unspecified atom stereocenters. The number of amides is 2. The van der Waals surface area contributed by atoms with Crippen LogP contribution in [-0.4, -0.2) is 55.6 Å². The van der Waals surface area contributed by atoms with Crippen LogP contribution in [0.1, 0.15) is 25.3 Å². The Morgan fingerprint density at radius 2 is 1.88 bits per heavy atom. The predicted octanol–water partition coefficient (Wildman–Crippen LogP) is 3.08. The van der Waals surface area contributed by atoms with E-state index in [9.17, 15) is 9.59 Å². The van der Waals surface area contributed by atoms with Crippen LogP contribution >= 0.6 is 0 Å². The second kappa shape index (κ2) is 10.3. The van der Waals surface area contributed by atoms with E-state index < -0.39 is 0 Å². The molecule has 2 aromatic carbocycles. The minimum absolute atomic E-state index is 0.0201. The summed E-state index contributed by atoms with van der Waals surface area (Å²) in [6.45, 7) is 4.60. The molecule has 2 aromatic rings. The molecular weight excluding hydrogens is 406 g/mol. The highest BCUT2D eigenvalue weighted by atomic mass is 16.5. The third-order valence-corrected chi connectivity index (χ3v) is 5.65. The van der Waals surface area contributed by atoms with Gasteiger partial charge < -0.3 is 20.1 Å². The van der Waals surface area contributed by atoms with E-state index in [0.717, 1.165) is 37.2 Å². The smallest absolute Gasteiger partial charge is 0.250 e. The lowest BCUT2D eigenvalue weighted by molar-refractivity contribution is -0.120. The maximum absolute atomic E-state index is 12.8. The number of fused-ring (bicyclic) bond motifs is 1. The average Bonchev–Trinajstić information content (AvgIpc) is 2.81. The Balaban J connectivity index is 1.26. The molecular formula is C25H29N3O4. The monoisotopic (exact) mass is 435 g/mol. The summed E-state index contributed by atoms with van der Waals surface area (Å²) in [4.78, 5) is 27.2. The summed E-state index contributed by atoms with van der Waals surface area (Å²) in [5, 5.41) is 6.04. The van der Waals surface area contributed by atoms with E-state index in [2.05, 4.69) is 15.5 Å². The number of nitrogens with one attached hydrogen (secondary N) is 2. The SMILES string of the molecule is CCOc1cccc2c1OCC(C(=O)NC1CCN(CC(=O)Nc3ccccc3)CC1)=C2. The molecule has 32 heavy (non-hydrogen) atoms. The summed E-state index contributed by atoms with van der Waals surface area (Å²) >= 11 is 0. The number of nitrogens with zero attached hydrogens (tertiary/aromatic N) is 1. The van der Waals surface area contributed by atoms with Gasteiger partial charge in [-0.1, -0.05) is 30.3 Å². The van der Waals surface area contributed by atoms with Gasteiger partial charge in [0.05, 0.1) is 18.7 Å². The Hall–Kier alpha value is -3.32. The first-order valence-corrected chi connectivity index (χ1v) is 11.1. The van der Waals surface area contributed by atoms with Gasteiger partial charge in [0.15, 0.2) is 11.5 Å². The summed E-state index contributed by atoms with van der Waals surface area (Å²) in [7, 11) is 0. The first kappa shape index (κ1) is 21.9. The zero-order valence-corrected chi connectivity index (χ0v) is 18.3. The average molecular weight is 436 g/mol. The van der Waals surface area contributed by atoms with E-state index in [1.165, 1.54) is 0 Å². The van der Waals surface area contributed by atoms with Gasteiger partial charge in [-0.25, -0.2) is 0 Å². The van der Waals surface area contributed by atoms with Crippen molar-refractivity contribution in [2.24, 2.45) is 0 Å². The van der Waals surface area contributed by atoms with Crippen molar-refractivity contribution in [1.82, 2.24) is 10.2 Å². The maximum atomic E-state index is 12.8. The lowest BCUT2D eigenvalue weighted by atomic mass is 10.0. The first-order chi connectivity index (χ1) is 15.6. The van der Waals surface area contributed by atoms with Gasteiger partial charge in [0.25, 0.3) is 5.91 Å². The summed E-state index contributed by atoms with van der Waals surface area (Å²) in [5.41, 5.74) is 2.26. The molecule has 0 saturated carbocycles. The molecule has 0 radical (unpaired) electrons. The van der Waals surface area contributed by atoms with Crippen molar-refractivity contribution >= 4 is 23.6 Å². The van der Waals surface area contributed by atoms with Crippen molar-refractivity contribution < 1.29 is 19.1 Å². The second-order valence-corrected chi connectivity index (χ2v) is 8.00. The number of carbonyl (C=O) groups excluding carboxylic acids is 2. The Morgan fingerprint density at radius 1 is 1.09 bits per heavy atom. The molecule has 2 aliphatic heterocycles. The van der Waals surface area contributed by atoms with Gasteiger partial charge in [-0.05, 0) is 44.0 Å². The van der Waals surface area contributed by atoms with Gasteiger partial charge in [0.2, 0.25) is 5.91 Å². The molecule has 1 saturated heterocycles. The molecule has 0 aliphatic carbocycles. The van der Waals surface area contributed by atoms with Crippen molar-refractivity contribution in [3.8, 4) is 11.5 Å². The number of hydrogen-bond donors (Lipinski definition) is 2. The number of likely N-dealkylation sites (tertiary alicyclic amines) is 1. The van der Waals surface area contributed by atoms with E-state index in [1.54, 1.807) is 0 Å². The van der Waals surface area contributed by atoms with Crippen molar-refractivity contribution in [3.05, 3.63) is 59.7 Å². The predicted molar refractivity (Wildman–Crippen MR) is 124 cm³/mol. The van der Waals surface area contributed by atoms with E-state index in [-0.39, 0.29) is 24.5 Å². The zero-order chi connectivity index (χ0) is 22.3. The van der Waals surface area contributed by atoms with E-state index in [1.807, 2.05) is 61.5 Å². The van der Waals surface area contributed by atoms with Crippen molar-refractivity contribution in [2.75, 3.05) is 38.2 Å². The highest BCUT2D eigenvalue weighted by Crippen LogP contribution is 2.35. The lowest BCUT2D eigenvalue weighted by Gasteiger charge is -2.32. The van der Waals surface area contributed by atoms with Crippen LogP contribution < -0.4 is 20.1 Å². The van der Waals surface area contributed by atoms with Crippen LogP contribution in [0.5, 0.6) is 11.5 Å². The third kappa shape index (κ3) is 5.48. The highest BCUT2D eigenvalue weighted by molar-refractivity contribution is 5.99. The van der Waals surface area contributed by atoms with E-state index in [4.69, 9.17) is 9.47 Å². The number of rotatable bonds is 7. The quantitative estimate of drug-likeness (QED) is 0.699. The van der Waals surface area contributed by atoms with Gasteiger partial charge >= 0.3 is 0 Å². The van der Waals surface area contributed by atoms with E-state index >= 15 is 0 Å². The number of piperidine rings is 1. The Kier molecular flexibility index (Phi) is 7.07. The van der Waals surface area contributed by atoms with Crippen molar-refractivity contribution in [1.29, 1.82) is 0 Å². The third-order valence-electron chi connectivity index (χ3n) is 5.65. The molecule has 2 N–H and O–H groups in total. The number of ether oxygens (including phenoxy) is 2. The van der Waals surface area contributed by atoms with Crippen LogP contribution in [0.2, 0.25) is 0 Å². The molecule has 2 aliphatic rings. The molecule has 0 atom stereocenters. The fourth-order valence-corrected chi connectivity index (χ4v) is 4.02. The molecule has 168 valence electrons. The van der Waals surface area contributed by atoms with Gasteiger partial charge in [-0.3, -0.25) is 14.5 Å². The fraction of sp³-hybridized carbons (Fsp3) is 0.360. The normalized spacial score (nSPS) is 16.3. The molecule has 7 heteroatoms. The standard InChI is InChI=1S/C25H29N3O4/c1-2-31-22-10-6-7-18-15-19(17-32-24(18)22)25(30)27-21-11-13-28(14-12-21)16-23(29)26-20-8-4-3-5-9-20/h3-10,15,21H,2,11-14,16-17H2,1H3,(H,26,29)(H,27,30).